The Labute approximate surface area is 251 Å². The van der Waals surface area contributed by atoms with Gasteiger partial charge in [0, 0.05) is 37.0 Å². The van der Waals surface area contributed by atoms with Crippen molar-refractivity contribution in [3.05, 3.63) is 34.9 Å². The molecule has 41 heavy (non-hydrogen) atoms. The summed E-state index contributed by atoms with van der Waals surface area (Å²) in [4.78, 5) is 27.1. The Morgan fingerprint density at radius 1 is 1.12 bits per heavy atom. The number of aliphatic hydroxyl groups is 2. The number of nitrogens with one attached hydrogen (secondary N) is 1. The van der Waals surface area contributed by atoms with Gasteiger partial charge in [0.15, 0.2) is 0 Å². The maximum absolute atomic E-state index is 13.7. The number of alkyl carbamates (subject to hydrolysis) is 1. The van der Waals surface area contributed by atoms with E-state index >= 15 is 0 Å². The van der Waals surface area contributed by atoms with Gasteiger partial charge in [-0.25, -0.2) is 4.79 Å². The van der Waals surface area contributed by atoms with Crippen molar-refractivity contribution >= 4 is 23.6 Å². The van der Waals surface area contributed by atoms with Crippen molar-refractivity contribution in [2.24, 2.45) is 23.7 Å². The minimum absolute atomic E-state index is 0.0310. The molecule has 232 valence electrons. The summed E-state index contributed by atoms with van der Waals surface area (Å²) in [6, 6.07) is 7.60. The fourth-order valence-electron chi connectivity index (χ4n) is 6.57. The van der Waals surface area contributed by atoms with E-state index in [0.29, 0.717) is 43.6 Å². The van der Waals surface area contributed by atoms with E-state index < -0.39 is 18.3 Å². The van der Waals surface area contributed by atoms with E-state index in [0.717, 1.165) is 37.7 Å². The normalized spacial score (nSPS) is 21.2. The Morgan fingerprint density at radius 2 is 1.88 bits per heavy atom. The molecule has 5 unspecified atom stereocenters. The number of likely N-dealkylation sites (tertiary alicyclic amines) is 1. The molecule has 3 N–H and O–H groups in total. The number of aliphatic hydroxyl groups excluding tert-OH is 2. The van der Waals surface area contributed by atoms with E-state index in [4.69, 9.17) is 16.3 Å². The van der Waals surface area contributed by atoms with Gasteiger partial charge < -0.3 is 29.9 Å². The first-order chi connectivity index (χ1) is 19.7. The number of piperidine rings is 1. The van der Waals surface area contributed by atoms with Crippen molar-refractivity contribution in [3.8, 4) is 0 Å². The summed E-state index contributed by atoms with van der Waals surface area (Å²) < 4.78 is 10.9. The number of carbonyl (C=O) groups is 2. The molecule has 1 aromatic rings. The highest BCUT2D eigenvalue weighted by molar-refractivity contribution is 6.30. The molecule has 1 aliphatic carbocycles. The fraction of sp³-hybridized carbons (Fsp3) is 0.750. The van der Waals surface area contributed by atoms with Crippen LogP contribution in [0.2, 0.25) is 5.02 Å². The van der Waals surface area contributed by atoms with Crippen LogP contribution >= 0.6 is 11.6 Å². The summed E-state index contributed by atoms with van der Waals surface area (Å²) in [6.07, 6.45) is 6.66. The van der Waals surface area contributed by atoms with Gasteiger partial charge in [0.25, 0.3) is 0 Å². The van der Waals surface area contributed by atoms with Crippen LogP contribution < -0.4 is 5.32 Å². The first kappa shape index (κ1) is 33.6. The van der Waals surface area contributed by atoms with Gasteiger partial charge in [-0.3, -0.25) is 4.79 Å². The molecular formula is C32H51ClN2O6. The summed E-state index contributed by atoms with van der Waals surface area (Å²) in [5.74, 6) is 0.584. The highest BCUT2D eigenvalue weighted by Crippen LogP contribution is 2.36. The maximum atomic E-state index is 13.7. The predicted molar refractivity (Wildman–Crippen MR) is 161 cm³/mol. The number of amides is 2. The molecule has 0 aromatic heterocycles. The lowest BCUT2D eigenvalue weighted by atomic mass is 9.78. The quantitative estimate of drug-likeness (QED) is 0.237. The Kier molecular flexibility index (Phi) is 14.2. The highest BCUT2D eigenvalue weighted by Gasteiger charge is 2.35. The molecule has 0 bridgehead atoms. The summed E-state index contributed by atoms with van der Waals surface area (Å²) in [6.45, 7) is 5.88. The van der Waals surface area contributed by atoms with Crippen LogP contribution in [0.15, 0.2) is 24.3 Å². The van der Waals surface area contributed by atoms with Gasteiger partial charge in [0.05, 0.1) is 32.0 Å². The van der Waals surface area contributed by atoms with Crippen LogP contribution in [-0.4, -0.2) is 72.7 Å². The second kappa shape index (κ2) is 17.3. The topological polar surface area (TPSA) is 108 Å². The molecule has 2 aliphatic rings. The standard InChI is InChI=1S/C32H51ClN2O6/c1-22(2)17-28(36)30(38)26(18-23-9-5-4-6-10-23)20-29(37)35-15-8-12-25(21-35)31(24-11-7-13-27(33)19-24)41-16-14-34-32(39)40-3/h7,11,13,19,22-23,25-26,28,30-31,36,38H,4-6,8-10,12,14-18,20-21H2,1-3H3,(H,34,39). The molecule has 1 saturated heterocycles. The van der Waals surface area contributed by atoms with Crippen molar-refractivity contribution in [2.75, 3.05) is 33.4 Å². The first-order valence-corrected chi connectivity index (χ1v) is 15.9. The van der Waals surface area contributed by atoms with Crippen LogP contribution in [0.4, 0.5) is 4.79 Å². The van der Waals surface area contributed by atoms with Crippen molar-refractivity contribution < 1.29 is 29.3 Å². The number of methoxy groups -OCH3 is 1. The molecule has 0 spiro atoms. The van der Waals surface area contributed by atoms with Crippen LogP contribution in [0.5, 0.6) is 0 Å². The van der Waals surface area contributed by atoms with Gasteiger partial charge in [-0.1, -0.05) is 69.7 Å². The van der Waals surface area contributed by atoms with Crippen LogP contribution in [0.1, 0.15) is 89.7 Å². The lowest BCUT2D eigenvalue weighted by molar-refractivity contribution is -0.138. The maximum Gasteiger partial charge on any atom is 0.406 e. The van der Waals surface area contributed by atoms with Crippen LogP contribution in [0, 0.1) is 23.7 Å². The molecule has 2 amide bonds. The lowest BCUT2D eigenvalue weighted by Crippen LogP contribution is -2.45. The van der Waals surface area contributed by atoms with Crippen molar-refractivity contribution in [1.82, 2.24) is 10.2 Å². The predicted octanol–water partition coefficient (Wildman–Crippen LogP) is 5.74. The fourth-order valence-corrected chi connectivity index (χ4v) is 6.77. The van der Waals surface area contributed by atoms with E-state index in [1.54, 1.807) is 0 Å². The number of rotatable bonds is 14. The molecule has 8 nitrogen and oxygen atoms in total. The van der Waals surface area contributed by atoms with E-state index in [-0.39, 0.29) is 36.2 Å². The molecule has 3 rings (SSSR count). The van der Waals surface area contributed by atoms with E-state index in [1.807, 2.05) is 43.0 Å². The summed E-state index contributed by atoms with van der Waals surface area (Å²) >= 11 is 6.31. The number of hydrogen-bond acceptors (Lipinski definition) is 6. The van der Waals surface area contributed by atoms with E-state index in [9.17, 15) is 19.8 Å². The van der Waals surface area contributed by atoms with Crippen molar-refractivity contribution in [1.29, 1.82) is 0 Å². The average molecular weight is 595 g/mol. The third-order valence-corrected chi connectivity index (χ3v) is 8.89. The van der Waals surface area contributed by atoms with Gasteiger partial charge >= 0.3 is 6.09 Å². The summed E-state index contributed by atoms with van der Waals surface area (Å²) in [7, 11) is 1.32. The zero-order chi connectivity index (χ0) is 29.8. The van der Waals surface area contributed by atoms with Gasteiger partial charge in [0.1, 0.15) is 0 Å². The Hall–Kier alpha value is -1.87. The average Bonchev–Trinajstić information content (AvgIpc) is 2.96. The van der Waals surface area contributed by atoms with Crippen LogP contribution in [-0.2, 0) is 14.3 Å². The number of ether oxygens (including phenoxy) is 2. The van der Waals surface area contributed by atoms with Gasteiger partial charge in [-0.2, -0.15) is 0 Å². The summed E-state index contributed by atoms with van der Waals surface area (Å²) in [5, 5.41) is 25.3. The molecule has 0 radical (unpaired) electrons. The van der Waals surface area contributed by atoms with Gasteiger partial charge in [-0.15, -0.1) is 0 Å². The monoisotopic (exact) mass is 594 g/mol. The second-order valence-corrected chi connectivity index (χ2v) is 12.8. The minimum atomic E-state index is -0.909. The van der Waals surface area contributed by atoms with Crippen LogP contribution in [0.3, 0.4) is 0 Å². The van der Waals surface area contributed by atoms with E-state index in [2.05, 4.69) is 10.1 Å². The molecule has 1 aromatic carbocycles. The molecule has 2 fully saturated rings. The third-order valence-electron chi connectivity index (χ3n) is 8.66. The molecular weight excluding hydrogens is 544 g/mol. The van der Waals surface area contributed by atoms with Crippen LogP contribution in [0.25, 0.3) is 0 Å². The number of benzene rings is 1. The number of nitrogens with zero attached hydrogens (tertiary/aromatic N) is 1. The Bertz CT molecular complexity index is 941. The molecule has 1 heterocycles. The lowest BCUT2D eigenvalue weighted by Gasteiger charge is -2.38. The highest BCUT2D eigenvalue weighted by atomic mass is 35.5. The van der Waals surface area contributed by atoms with Crippen molar-refractivity contribution in [3.63, 3.8) is 0 Å². The summed E-state index contributed by atoms with van der Waals surface area (Å²) in [5.41, 5.74) is 0.942. The Balaban J connectivity index is 1.69. The molecule has 1 saturated carbocycles. The Morgan fingerprint density at radius 3 is 2.56 bits per heavy atom. The third kappa shape index (κ3) is 11.0. The van der Waals surface area contributed by atoms with Gasteiger partial charge in [0.2, 0.25) is 5.91 Å². The molecule has 5 atom stereocenters. The second-order valence-electron chi connectivity index (χ2n) is 12.4. The van der Waals surface area contributed by atoms with Gasteiger partial charge in [-0.05, 0) is 61.1 Å². The number of halogens is 1. The zero-order valence-corrected chi connectivity index (χ0v) is 25.9. The largest absolute Gasteiger partial charge is 0.453 e. The first-order valence-electron chi connectivity index (χ1n) is 15.5. The van der Waals surface area contributed by atoms with E-state index in [1.165, 1.54) is 26.4 Å². The molecule has 1 aliphatic heterocycles. The van der Waals surface area contributed by atoms with Crippen molar-refractivity contribution in [2.45, 2.75) is 96.4 Å². The number of carbonyl (C=O) groups excluding carboxylic acids is 2. The SMILES string of the molecule is COC(=O)NCCOC(c1cccc(Cl)c1)C1CCCN(C(=O)CC(CC2CCCCC2)C(O)C(O)CC(C)C)C1. The molecule has 9 heteroatoms. The zero-order valence-electron chi connectivity index (χ0n) is 25.1. The number of hydrogen-bond donors (Lipinski definition) is 3. The smallest absolute Gasteiger partial charge is 0.406 e. The minimum Gasteiger partial charge on any atom is -0.453 e.